The lowest BCUT2D eigenvalue weighted by atomic mass is 10.3. The van der Waals surface area contributed by atoms with E-state index in [9.17, 15) is 4.39 Å². The first-order chi connectivity index (χ1) is 8.28. The van der Waals surface area contributed by atoms with Crippen LogP contribution in [0.15, 0.2) is 42.7 Å². The van der Waals surface area contributed by atoms with Crippen molar-refractivity contribution in [2.45, 2.75) is 6.92 Å². The Morgan fingerprint density at radius 3 is 2.47 bits per heavy atom. The summed E-state index contributed by atoms with van der Waals surface area (Å²) in [6.45, 7) is 2.88. The summed E-state index contributed by atoms with van der Waals surface area (Å²) in [7, 11) is 0. The van der Waals surface area contributed by atoms with Crippen molar-refractivity contribution in [3.8, 4) is 0 Å². The van der Waals surface area contributed by atoms with Crippen molar-refractivity contribution < 1.29 is 4.39 Å². The van der Waals surface area contributed by atoms with Gasteiger partial charge in [-0.15, -0.1) is 0 Å². The molecule has 0 saturated heterocycles. The van der Waals surface area contributed by atoms with Gasteiger partial charge < -0.3 is 10.6 Å². The summed E-state index contributed by atoms with van der Waals surface area (Å²) in [5.41, 5.74) is 2.66. The van der Waals surface area contributed by atoms with Crippen LogP contribution in [0.25, 0.3) is 0 Å². The third kappa shape index (κ3) is 3.17. The van der Waals surface area contributed by atoms with Crippen LogP contribution in [-0.4, -0.2) is 11.5 Å². The third-order valence-electron chi connectivity index (χ3n) is 2.25. The fraction of sp³-hybridized carbons (Fsp3) is 0.154. The van der Waals surface area contributed by atoms with E-state index in [1.807, 2.05) is 13.0 Å². The van der Waals surface area contributed by atoms with Crippen molar-refractivity contribution in [3.05, 3.63) is 48.5 Å². The number of hydrogen-bond donors (Lipinski definition) is 2. The number of anilines is 3. The lowest BCUT2D eigenvalue weighted by Crippen LogP contribution is -1.98. The molecule has 0 aliphatic heterocycles. The smallest absolute Gasteiger partial charge is 0.123 e. The molecule has 17 heavy (non-hydrogen) atoms. The van der Waals surface area contributed by atoms with E-state index in [2.05, 4.69) is 15.6 Å². The Labute approximate surface area is 99.7 Å². The minimum Gasteiger partial charge on any atom is -0.384 e. The second kappa shape index (κ2) is 5.30. The standard InChI is InChI=1S/C13H14FN3/c1-2-16-12-7-13(9-15-8-12)17-11-5-3-10(14)4-6-11/h3-9,16-17H,2H2,1H3. The molecule has 1 aromatic heterocycles. The Balaban J connectivity index is 2.12. The first kappa shape index (κ1) is 11.4. The quantitative estimate of drug-likeness (QED) is 0.846. The van der Waals surface area contributed by atoms with Gasteiger partial charge in [-0.2, -0.15) is 0 Å². The van der Waals surface area contributed by atoms with Gasteiger partial charge in [0.1, 0.15) is 5.82 Å². The van der Waals surface area contributed by atoms with Gasteiger partial charge in [-0.3, -0.25) is 4.98 Å². The molecule has 1 heterocycles. The second-order valence-corrected chi connectivity index (χ2v) is 3.62. The average Bonchev–Trinajstić information content (AvgIpc) is 2.33. The number of hydrogen-bond acceptors (Lipinski definition) is 3. The summed E-state index contributed by atoms with van der Waals surface area (Å²) < 4.78 is 12.7. The number of pyridine rings is 1. The van der Waals surface area contributed by atoms with Crippen molar-refractivity contribution in [1.82, 2.24) is 4.98 Å². The average molecular weight is 231 g/mol. The Morgan fingerprint density at radius 2 is 1.76 bits per heavy atom. The van der Waals surface area contributed by atoms with Gasteiger partial charge in [-0.05, 0) is 37.3 Å². The zero-order valence-electron chi connectivity index (χ0n) is 9.57. The molecule has 0 fully saturated rings. The highest BCUT2D eigenvalue weighted by Crippen LogP contribution is 2.18. The maximum atomic E-state index is 12.7. The molecule has 4 heteroatoms. The third-order valence-corrected chi connectivity index (χ3v) is 2.25. The van der Waals surface area contributed by atoms with Crippen molar-refractivity contribution in [2.75, 3.05) is 17.2 Å². The zero-order chi connectivity index (χ0) is 12.1. The predicted molar refractivity (Wildman–Crippen MR) is 68.1 cm³/mol. The van der Waals surface area contributed by atoms with Crippen LogP contribution < -0.4 is 10.6 Å². The van der Waals surface area contributed by atoms with E-state index in [0.717, 1.165) is 23.6 Å². The summed E-state index contributed by atoms with van der Waals surface area (Å²) in [5.74, 6) is -0.241. The summed E-state index contributed by atoms with van der Waals surface area (Å²) in [6.07, 6.45) is 3.49. The number of nitrogens with zero attached hydrogens (tertiary/aromatic N) is 1. The number of benzene rings is 1. The molecule has 1 aromatic carbocycles. The van der Waals surface area contributed by atoms with E-state index < -0.39 is 0 Å². The minimum atomic E-state index is -0.241. The fourth-order valence-corrected chi connectivity index (χ4v) is 1.51. The molecule has 0 bridgehead atoms. The molecule has 2 rings (SSSR count). The first-order valence-electron chi connectivity index (χ1n) is 5.49. The molecule has 0 radical (unpaired) electrons. The van der Waals surface area contributed by atoms with Crippen LogP contribution in [-0.2, 0) is 0 Å². The van der Waals surface area contributed by atoms with E-state index in [1.54, 1.807) is 24.5 Å². The van der Waals surface area contributed by atoms with E-state index in [4.69, 9.17) is 0 Å². The van der Waals surface area contributed by atoms with Gasteiger partial charge in [0.2, 0.25) is 0 Å². The molecule has 0 spiro atoms. The predicted octanol–water partition coefficient (Wildman–Crippen LogP) is 3.40. The number of aromatic nitrogens is 1. The monoisotopic (exact) mass is 231 g/mol. The van der Waals surface area contributed by atoms with Crippen molar-refractivity contribution >= 4 is 17.1 Å². The molecule has 0 aliphatic rings. The Morgan fingerprint density at radius 1 is 1.06 bits per heavy atom. The summed E-state index contributed by atoms with van der Waals surface area (Å²) in [6, 6.07) is 8.18. The number of halogens is 1. The van der Waals surface area contributed by atoms with Crippen LogP contribution in [0, 0.1) is 5.82 Å². The van der Waals surface area contributed by atoms with Crippen LogP contribution in [0.5, 0.6) is 0 Å². The molecule has 2 aromatic rings. The normalized spacial score (nSPS) is 10.0. The number of rotatable bonds is 4. The van der Waals surface area contributed by atoms with Gasteiger partial charge in [-0.25, -0.2) is 4.39 Å². The highest BCUT2D eigenvalue weighted by molar-refractivity contribution is 5.62. The topological polar surface area (TPSA) is 37.0 Å². The van der Waals surface area contributed by atoms with Gasteiger partial charge in [-0.1, -0.05) is 0 Å². The molecule has 88 valence electrons. The van der Waals surface area contributed by atoms with Crippen LogP contribution in [0.1, 0.15) is 6.92 Å². The highest BCUT2D eigenvalue weighted by Gasteiger charge is 1.97. The van der Waals surface area contributed by atoms with Gasteiger partial charge in [0.05, 0.1) is 23.8 Å². The van der Waals surface area contributed by atoms with Crippen LogP contribution >= 0.6 is 0 Å². The minimum absolute atomic E-state index is 0.241. The van der Waals surface area contributed by atoms with Crippen LogP contribution in [0.4, 0.5) is 21.5 Å². The van der Waals surface area contributed by atoms with Crippen LogP contribution in [0.2, 0.25) is 0 Å². The summed E-state index contributed by atoms with van der Waals surface area (Å²) in [5, 5.41) is 6.34. The first-order valence-corrected chi connectivity index (χ1v) is 5.49. The molecule has 2 N–H and O–H groups in total. The zero-order valence-corrected chi connectivity index (χ0v) is 9.57. The Bertz CT molecular complexity index is 482. The fourth-order valence-electron chi connectivity index (χ4n) is 1.51. The van der Waals surface area contributed by atoms with E-state index >= 15 is 0 Å². The number of nitrogens with one attached hydrogen (secondary N) is 2. The van der Waals surface area contributed by atoms with Crippen molar-refractivity contribution in [2.24, 2.45) is 0 Å². The molecule has 0 amide bonds. The van der Waals surface area contributed by atoms with Crippen LogP contribution in [0.3, 0.4) is 0 Å². The lowest BCUT2D eigenvalue weighted by molar-refractivity contribution is 0.628. The van der Waals surface area contributed by atoms with Gasteiger partial charge >= 0.3 is 0 Å². The maximum Gasteiger partial charge on any atom is 0.123 e. The van der Waals surface area contributed by atoms with E-state index in [0.29, 0.717) is 0 Å². The molecular weight excluding hydrogens is 217 g/mol. The summed E-state index contributed by atoms with van der Waals surface area (Å²) in [4.78, 5) is 4.12. The maximum absolute atomic E-state index is 12.7. The molecule has 3 nitrogen and oxygen atoms in total. The molecule has 0 atom stereocenters. The Kier molecular flexibility index (Phi) is 3.55. The van der Waals surface area contributed by atoms with Crippen molar-refractivity contribution in [1.29, 1.82) is 0 Å². The second-order valence-electron chi connectivity index (χ2n) is 3.62. The van der Waals surface area contributed by atoms with Gasteiger partial charge in [0.25, 0.3) is 0 Å². The largest absolute Gasteiger partial charge is 0.384 e. The SMILES string of the molecule is CCNc1cncc(Nc2ccc(F)cc2)c1. The molecule has 0 saturated carbocycles. The van der Waals surface area contributed by atoms with E-state index in [1.165, 1.54) is 12.1 Å². The van der Waals surface area contributed by atoms with E-state index in [-0.39, 0.29) is 5.82 Å². The summed E-state index contributed by atoms with van der Waals surface area (Å²) >= 11 is 0. The van der Waals surface area contributed by atoms with Crippen molar-refractivity contribution in [3.63, 3.8) is 0 Å². The van der Waals surface area contributed by atoms with Gasteiger partial charge in [0, 0.05) is 12.2 Å². The highest BCUT2D eigenvalue weighted by atomic mass is 19.1. The Hall–Kier alpha value is -2.10. The molecule has 0 aliphatic carbocycles. The molecular formula is C13H14FN3. The molecule has 0 unspecified atom stereocenters. The van der Waals surface area contributed by atoms with Gasteiger partial charge in [0.15, 0.2) is 0 Å². The lowest BCUT2D eigenvalue weighted by Gasteiger charge is -2.08.